The fourth-order valence-electron chi connectivity index (χ4n) is 3.90. The van der Waals surface area contributed by atoms with Gasteiger partial charge in [-0.25, -0.2) is 0 Å². The van der Waals surface area contributed by atoms with E-state index in [-0.39, 0.29) is 11.3 Å². The predicted octanol–water partition coefficient (Wildman–Crippen LogP) is 5.19. The van der Waals surface area contributed by atoms with Gasteiger partial charge in [0.1, 0.15) is 5.76 Å². The number of methoxy groups -OCH3 is 2. The van der Waals surface area contributed by atoms with E-state index in [9.17, 15) is 14.7 Å². The standard InChI is InChI=1S/C25H22BrNO5S/c1-31-18-10-5-15(14-19(18)32-2)11-12-27-22(20-4-3-13-33-20)21(24(29)25(27)30)23(28)16-6-8-17(26)9-7-16/h3-10,13-14,22,28H,11-12H2,1-2H3/t22-/m0/s1. The van der Waals surface area contributed by atoms with E-state index in [0.717, 1.165) is 14.9 Å². The molecular weight excluding hydrogens is 506 g/mol. The molecule has 0 aliphatic carbocycles. The lowest BCUT2D eigenvalue weighted by atomic mass is 10.00. The number of aliphatic hydroxyl groups excluding tert-OH is 1. The molecule has 4 rings (SSSR count). The highest BCUT2D eigenvalue weighted by atomic mass is 79.9. The van der Waals surface area contributed by atoms with Gasteiger partial charge in [0, 0.05) is 21.5 Å². The first-order chi connectivity index (χ1) is 15.9. The lowest BCUT2D eigenvalue weighted by Crippen LogP contribution is -2.31. The van der Waals surface area contributed by atoms with Crippen LogP contribution in [0.25, 0.3) is 5.76 Å². The molecule has 0 saturated carbocycles. The van der Waals surface area contributed by atoms with E-state index in [1.54, 1.807) is 38.5 Å². The van der Waals surface area contributed by atoms with Crippen molar-refractivity contribution in [1.82, 2.24) is 4.90 Å². The molecule has 1 aliphatic heterocycles. The second-order valence-electron chi connectivity index (χ2n) is 7.45. The first-order valence-corrected chi connectivity index (χ1v) is 11.9. The van der Waals surface area contributed by atoms with Crippen molar-refractivity contribution in [1.29, 1.82) is 0 Å². The number of carbonyl (C=O) groups excluding carboxylic acids is 2. The molecule has 1 aliphatic rings. The Hall–Kier alpha value is -3.10. The summed E-state index contributed by atoms with van der Waals surface area (Å²) in [6.07, 6.45) is 0.508. The molecule has 0 bridgehead atoms. The predicted molar refractivity (Wildman–Crippen MR) is 131 cm³/mol. The number of aliphatic hydroxyl groups is 1. The summed E-state index contributed by atoms with van der Waals surface area (Å²) in [5, 5.41) is 12.9. The van der Waals surface area contributed by atoms with Crippen LogP contribution in [0.15, 0.2) is 70.0 Å². The number of hydrogen-bond acceptors (Lipinski definition) is 6. The molecule has 1 aromatic heterocycles. The zero-order valence-electron chi connectivity index (χ0n) is 18.1. The van der Waals surface area contributed by atoms with Gasteiger partial charge in [0.2, 0.25) is 0 Å². The summed E-state index contributed by atoms with van der Waals surface area (Å²) in [4.78, 5) is 28.4. The quantitative estimate of drug-likeness (QED) is 0.260. The molecule has 1 atom stereocenters. The van der Waals surface area contributed by atoms with Gasteiger partial charge in [-0.05, 0) is 47.7 Å². The summed E-state index contributed by atoms with van der Waals surface area (Å²) in [7, 11) is 3.14. The summed E-state index contributed by atoms with van der Waals surface area (Å²) >= 11 is 4.82. The monoisotopic (exact) mass is 527 g/mol. The third-order valence-corrected chi connectivity index (χ3v) is 7.01. The average molecular weight is 528 g/mol. The van der Waals surface area contributed by atoms with Crippen molar-refractivity contribution in [2.75, 3.05) is 20.8 Å². The molecule has 170 valence electrons. The molecule has 1 N–H and O–H groups in total. The largest absolute Gasteiger partial charge is 0.507 e. The van der Waals surface area contributed by atoms with Crippen LogP contribution in [0.4, 0.5) is 0 Å². The molecule has 0 radical (unpaired) electrons. The summed E-state index contributed by atoms with van der Waals surface area (Å²) < 4.78 is 11.5. The highest BCUT2D eigenvalue weighted by Crippen LogP contribution is 2.41. The number of ether oxygens (including phenoxy) is 2. The molecule has 3 aromatic rings. The van der Waals surface area contributed by atoms with Gasteiger partial charge in [-0.15, -0.1) is 11.3 Å². The van der Waals surface area contributed by atoms with Crippen molar-refractivity contribution < 1.29 is 24.2 Å². The highest BCUT2D eigenvalue weighted by Gasteiger charge is 2.46. The molecule has 6 nitrogen and oxygen atoms in total. The maximum atomic E-state index is 13.0. The van der Waals surface area contributed by atoms with Gasteiger partial charge in [-0.2, -0.15) is 0 Å². The van der Waals surface area contributed by atoms with Crippen LogP contribution in [0.5, 0.6) is 11.5 Å². The maximum absolute atomic E-state index is 13.0. The van der Waals surface area contributed by atoms with E-state index >= 15 is 0 Å². The van der Waals surface area contributed by atoms with Crippen LogP contribution in [0.3, 0.4) is 0 Å². The molecule has 1 amide bonds. The zero-order chi connectivity index (χ0) is 23.5. The summed E-state index contributed by atoms with van der Waals surface area (Å²) in [6, 6.07) is 15.7. The number of carbonyl (C=O) groups is 2. The number of amides is 1. The number of likely N-dealkylation sites (tertiary alicyclic amines) is 1. The van der Waals surface area contributed by atoms with Gasteiger partial charge in [0.25, 0.3) is 11.7 Å². The molecule has 33 heavy (non-hydrogen) atoms. The van der Waals surface area contributed by atoms with Gasteiger partial charge in [-0.3, -0.25) is 9.59 Å². The van der Waals surface area contributed by atoms with Crippen LogP contribution in [0.2, 0.25) is 0 Å². The van der Waals surface area contributed by atoms with E-state index in [1.807, 2.05) is 35.7 Å². The number of hydrogen-bond donors (Lipinski definition) is 1. The average Bonchev–Trinajstić information content (AvgIpc) is 3.44. The number of nitrogens with zero attached hydrogens (tertiary/aromatic N) is 1. The third kappa shape index (κ3) is 4.54. The van der Waals surface area contributed by atoms with Crippen LogP contribution >= 0.6 is 27.3 Å². The van der Waals surface area contributed by atoms with Crippen LogP contribution < -0.4 is 9.47 Å². The Bertz CT molecular complexity index is 1200. The Morgan fingerprint density at radius 1 is 1.06 bits per heavy atom. The van der Waals surface area contributed by atoms with Gasteiger partial charge in [-0.1, -0.05) is 40.2 Å². The Labute approximate surface area is 204 Å². The molecule has 1 saturated heterocycles. The Balaban J connectivity index is 1.69. The normalized spacial score (nSPS) is 17.4. The van der Waals surface area contributed by atoms with Gasteiger partial charge >= 0.3 is 0 Å². The third-order valence-electron chi connectivity index (χ3n) is 5.56. The summed E-state index contributed by atoms with van der Waals surface area (Å²) in [5.74, 6) is -0.251. The SMILES string of the molecule is COc1ccc(CCN2C(=O)C(=O)C(=C(O)c3ccc(Br)cc3)[C@@H]2c2cccs2)cc1OC. The second kappa shape index (κ2) is 9.80. The van der Waals surface area contributed by atoms with E-state index in [1.165, 1.54) is 16.2 Å². The first kappa shape index (κ1) is 23.1. The summed E-state index contributed by atoms with van der Waals surface area (Å²) in [6.45, 7) is 0.305. The highest BCUT2D eigenvalue weighted by molar-refractivity contribution is 9.10. The van der Waals surface area contributed by atoms with Crippen molar-refractivity contribution in [3.8, 4) is 11.5 Å². The van der Waals surface area contributed by atoms with E-state index in [0.29, 0.717) is 30.0 Å². The van der Waals surface area contributed by atoms with Crippen LogP contribution in [-0.2, 0) is 16.0 Å². The van der Waals surface area contributed by atoms with Gasteiger partial charge < -0.3 is 19.5 Å². The molecule has 2 aromatic carbocycles. The first-order valence-electron chi connectivity index (χ1n) is 10.2. The molecule has 0 spiro atoms. The van der Waals surface area contributed by atoms with E-state index < -0.39 is 17.7 Å². The molecule has 1 fully saturated rings. The fourth-order valence-corrected chi connectivity index (χ4v) is 5.01. The Morgan fingerprint density at radius 2 is 1.79 bits per heavy atom. The zero-order valence-corrected chi connectivity index (χ0v) is 20.5. The van der Waals surface area contributed by atoms with Crippen molar-refractivity contribution in [3.05, 3.63) is 86.0 Å². The molecule has 2 heterocycles. The number of thiophene rings is 1. The van der Waals surface area contributed by atoms with Gasteiger partial charge in [0.05, 0.1) is 25.8 Å². The number of Topliss-reactive ketones (excluding diaryl/α,β-unsaturated/α-hetero) is 1. The van der Waals surface area contributed by atoms with E-state index in [2.05, 4.69) is 15.9 Å². The molecular formula is C25H22BrNO5S. The lowest BCUT2D eigenvalue weighted by Gasteiger charge is -2.24. The number of halogens is 1. The second-order valence-corrected chi connectivity index (χ2v) is 9.35. The Morgan fingerprint density at radius 3 is 2.42 bits per heavy atom. The van der Waals surface area contributed by atoms with Crippen molar-refractivity contribution in [2.24, 2.45) is 0 Å². The van der Waals surface area contributed by atoms with Crippen molar-refractivity contribution in [3.63, 3.8) is 0 Å². The smallest absolute Gasteiger partial charge is 0.295 e. The van der Waals surface area contributed by atoms with Crippen LogP contribution in [0.1, 0.15) is 22.0 Å². The molecule has 8 heteroatoms. The molecule has 0 unspecified atom stereocenters. The van der Waals surface area contributed by atoms with Gasteiger partial charge in [0.15, 0.2) is 11.5 Å². The maximum Gasteiger partial charge on any atom is 0.295 e. The van der Waals surface area contributed by atoms with Crippen molar-refractivity contribution >= 4 is 44.7 Å². The number of rotatable bonds is 7. The topological polar surface area (TPSA) is 76.1 Å². The number of ketones is 1. The lowest BCUT2D eigenvalue weighted by molar-refractivity contribution is -0.139. The fraction of sp³-hybridized carbons (Fsp3) is 0.200. The minimum Gasteiger partial charge on any atom is -0.507 e. The van der Waals surface area contributed by atoms with E-state index in [4.69, 9.17) is 9.47 Å². The van der Waals surface area contributed by atoms with Crippen LogP contribution in [0, 0.1) is 0 Å². The Kier molecular flexibility index (Phi) is 6.85. The number of benzene rings is 2. The van der Waals surface area contributed by atoms with Crippen molar-refractivity contribution in [2.45, 2.75) is 12.5 Å². The van der Waals surface area contributed by atoms with Crippen LogP contribution in [-0.4, -0.2) is 42.5 Å². The summed E-state index contributed by atoms with van der Waals surface area (Å²) in [5.41, 5.74) is 1.53. The minimum atomic E-state index is -0.680. The minimum absolute atomic E-state index is 0.108.